The molecule has 0 aromatic heterocycles. The van der Waals surface area contributed by atoms with Crippen molar-refractivity contribution in [3.8, 4) is 5.75 Å². The number of nitrogens with zero attached hydrogens (tertiary/aromatic N) is 1. The molecule has 2 rings (SSSR count). The Balaban J connectivity index is 1.92. The summed E-state index contributed by atoms with van der Waals surface area (Å²) in [5.74, 6) is 1.26. The molecule has 0 bridgehead atoms. The predicted molar refractivity (Wildman–Crippen MR) is 78.4 cm³/mol. The Morgan fingerprint density at radius 3 is 3.15 bits per heavy atom. The summed E-state index contributed by atoms with van der Waals surface area (Å²) in [6.45, 7) is 1.74. The first-order chi connectivity index (χ1) is 9.72. The van der Waals surface area contributed by atoms with E-state index in [1.807, 2.05) is 35.2 Å². The summed E-state index contributed by atoms with van der Waals surface area (Å²) in [7, 11) is 1.62. The van der Waals surface area contributed by atoms with Crippen molar-refractivity contribution in [3.05, 3.63) is 35.9 Å². The summed E-state index contributed by atoms with van der Waals surface area (Å²) < 4.78 is 5.15. The van der Waals surface area contributed by atoms with Crippen LogP contribution >= 0.6 is 0 Å². The Hall–Kier alpha value is -1.81. The third-order valence-electron chi connectivity index (χ3n) is 3.65. The molecule has 0 radical (unpaired) electrons. The third-order valence-corrected chi connectivity index (χ3v) is 3.65. The SMILES string of the molecule is COc1cccc(/C=C/C(=O)N2CCC(CCO)C2)c1. The number of rotatable bonds is 5. The molecule has 1 aliphatic heterocycles. The van der Waals surface area contributed by atoms with Gasteiger partial charge in [0.25, 0.3) is 0 Å². The van der Waals surface area contributed by atoms with E-state index in [2.05, 4.69) is 0 Å². The highest BCUT2D eigenvalue weighted by atomic mass is 16.5. The second kappa shape index (κ2) is 7.10. The van der Waals surface area contributed by atoms with Crippen molar-refractivity contribution in [3.63, 3.8) is 0 Å². The van der Waals surface area contributed by atoms with Crippen molar-refractivity contribution in [2.45, 2.75) is 12.8 Å². The Morgan fingerprint density at radius 2 is 2.40 bits per heavy atom. The predicted octanol–water partition coefficient (Wildman–Crippen LogP) is 1.94. The lowest BCUT2D eigenvalue weighted by atomic mass is 10.1. The summed E-state index contributed by atoms with van der Waals surface area (Å²) in [5.41, 5.74) is 0.948. The highest BCUT2D eigenvalue weighted by Crippen LogP contribution is 2.20. The van der Waals surface area contributed by atoms with E-state index in [1.165, 1.54) is 0 Å². The topological polar surface area (TPSA) is 49.8 Å². The van der Waals surface area contributed by atoms with Gasteiger partial charge in [0.05, 0.1) is 7.11 Å². The highest BCUT2D eigenvalue weighted by Gasteiger charge is 2.24. The Kier molecular flexibility index (Phi) is 5.18. The molecule has 1 fully saturated rings. The Bertz CT molecular complexity index is 484. The van der Waals surface area contributed by atoms with Gasteiger partial charge in [-0.25, -0.2) is 0 Å². The van der Waals surface area contributed by atoms with Crippen LogP contribution in [0.2, 0.25) is 0 Å². The van der Waals surface area contributed by atoms with Crippen molar-refractivity contribution in [1.82, 2.24) is 4.90 Å². The number of hydrogen-bond donors (Lipinski definition) is 1. The van der Waals surface area contributed by atoms with E-state index in [0.29, 0.717) is 5.92 Å². The second-order valence-electron chi connectivity index (χ2n) is 5.06. The van der Waals surface area contributed by atoms with Crippen LogP contribution in [-0.4, -0.2) is 42.7 Å². The van der Waals surface area contributed by atoms with Gasteiger partial charge in [-0.2, -0.15) is 0 Å². The normalized spacial score (nSPS) is 18.7. The Labute approximate surface area is 119 Å². The third kappa shape index (κ3) is 3.84. The number of amides is 1. The van der Waals surface area contributed by atoms with Gasteiger partial charge in [-0.15, -0.1) is 0 Å². The smallest absolute Gasteiger partial charge is 0.246 e. The molecule has 1 N–H and O–H groups in total. The molecular formula is C16H21NO3. The van der Waals surface area contributed by atoms with Gasteiger partial charge in [0.1, 0.15) is 5.75 Å². The number of methoxy groups -OCH3 is 1. The first-order valence-electron chi connectivity index (χ1n) is 6.95. The Morgan fingerprint density at radius 1 is 1.55 bits per heavy atom. The van der Waals surface area contributed by atoms with Gasteiger partial charge in [0, 0.05) is 25.8 Å². The monoisotopic (exact) mass is 275 g/mol. The molecule has 4 heteroatoms. The van der Waals surface area contributed by atoms with Gasteiger partial charge < -0.3 is 14.7 Å². The molecular weight excluding hydrogens is 254 g/mol. The molecule has 0 aliphatic carbocycles. The van der Waals surface area contributed by atoms with E-state index in [-0.39, 0.29) is 12.5 Å². The van der Waals surface area contributed by atoms with Crippen LogP contribution in [0.5, 0.6) is 5.75 Å². The van der Waals surface area contributed by atoms with E-state index < -0.39 is 0 Å². The van der Waals surface area contributed by atoms with Gasteiger partial charge in [-0.1, -0.05) is 12.1 Å². The fourth-order valence-corrected chi connectivity index (χ4v) is 2.47. The summed E-state index contributed by atoms with van der Waals surface area (Å²) in [4.78, 5) is 13.9. The minimum absolute atomic E-state index is 0.0354. The quantitative estimate of drug-likeness (QED) is 0.835. The zero-order valence-electron chi connectivity index (χ0n) is 11.8. The van der Waals surface area contributed by atoms with Crippen molar-refractivity contribution in [2.24, 2.45) is 5.92 Å². The molecule has 1 aliphatic rings. The number of aliphatic hydroxyl groups excluding tert-OH is 1. The number of benzene rings is 1. The van der Waals surface area contributed by atoms with Gasteiger partial charge in [0.15, 0.2) is 0 Å². The molecule has 1 unspecified atom stereocenters. The van der Waals surface area contributed by atoms with Crippen molar-refractivity contribution in [2.75, 3.05) is 26.8 Å². The van der Waals surface area contributed by atoms with Crippen LogP contribution in [0.1, 0.15) is 18.4 Å². The largest absolute Gasteiger partial charge is 0.497 e. The van der Waals surface area contributed by atoms with Crippen LogP contribution in [0.15, 0.2) is 30.3 Å². The summed E-state index contributed by atoms with van der Waals surface area (Å²) in [5, 5.41) is 8.92. The van der Waals surface area contributed by atoms with Crippen LogP contribution in [0, 0.1) is 5.92 Å². The molecule has 108 valence electrons. The molecule has 4 nitrogen and oxygen atoms in total. The number of likely N-dealkylation sites (tertiary alicyclic amines) is 1. The molecule has 20 heavy (non-hydrogen) atoms. The van der Waals surface area contributed by atoms with Crippen molar-refractivity contribution in [1.29, 1.82) is 0 Å². The molecule has 0 spiro atoms. The van der Waals surface area contributed by atoms with E-state index >= 15 is 0 Å². The lowest BCUT2D eigenvalue weighted by Gasteiger charge is -2.13. The number of hydrogen-bond acceptors (Lipinski definition) is 3. The van der Waals surface area contributed by atoms with Crippen LogP contribution < -0.4 is 4.74 Å². The first-order valence-corrected chi connectivity index (χ1v) is 6.95. The maximum atomic E-state index is 12.1. The summed E-state index contributed by atoms with van der Waals surface area (Å²) >= 11 is 0. The van der Waals surface area contributed by atoms with E-state index in [4.69, 9.17) is 9.84 Å². The van der Waals surface area contributed by atoms with Crippen molar-refractivity contribution < 1.29 is 14.6 Å². The highest BCUT2D eigenvalue weighted by molar-refractivity contribution is 5.92. The van der Waals surface area contributed by atoms with Gasteiger partial charge in [0.2, 0.25) is 5.91 Å². The minimum atomic E-state index is 0.0354. The average molecular weight is 275 g/mol. The molecule has 1 atom stereocenters. The van der Waals surface area contributed by atoms with E-state index in [1.54, 1.807) is 13.2 Å². The zero-order chi connectivity index (χ0) is 14.4. The van der Waals surface area contributed by atoms with Crippen LogP contribution in [-0.2, 0) is 4.79 Å². The molecule has 1 heterocycles. The molecule has 1 aromatic carbocycles. The van der Waals surface area contributed by atoms with Crippen LogP contribution in [0.25, 0.3) is 6.08 Å². The average Bonchev–Trinajstić information content (AvgIpc) is 2.94. The summed E-state index contributed by atoms with van der Waals surface area (Å²) in [6.07, 6.45) is 5.18. The number of aliphatic hydroxyl groups is 1. The maximum Gasteiger partial charge on any atom is 0.246 e. The lowest BCUT2D eigenvalue weighted by Crippen LogP contribution is -2.26. The minimum Gasteiger partial charge on any atom is -0.497 e. The molecule has 1 saturated heterocycles. The molecule has 1 amide bonds. The zero-order valence-corrected chi connectivity index (χ0v) is 11.8. The maximum absolute atomic E-state index is 12.1. The summed E-state index contributed by atoms with van der Waals surface area (Å²) in [6, 6.07) is 7.60. The number of carbonyl (C=O) groups excluding carboxylic acids is 1. The lowest BCUT2D eigenvalue weighted by molar-refractivity contribution is -0.125. The van der Waals surface area contributed by atoms with Gasteiger partial charge in [-0.05, 0) is 42.5 Å². The number of carbonyl (C=O) groups is 1. The van der Waals surface area contributed by atoms with Gasteiger partial charge >= 0.3 is 0 Å². The van der Waals surface area contributed by atoms with E-state index in [9.17, 15) is 4.79 Å². The fourth-order valence-electron chi connectivity index (χ4n) is 2.47. The second-order valence-corrected chi connectivity index (χ2v) is 5.06. The fraction of sp³-hybridized carbons (Fsp3) is 0.438. The van der Waals surface area contributed by atoms with E-state index in [0.717, 1.165) is 37.2 Å². The molecule has 0 saturated carbocycles. The molecule has 1 aromatic rings. The van der Waals surface area contributed by atoms with Crippen molar-refractivity contribution >= 4 is 12.0 Å². The van der Waals surface area contributed by atoms with Crippen LogP contribution in [0.3, 0.4) is 0 Å². The standard InChI is InChI=1S/C16H21NO3/c1-20-15-4-2-3-13(11-15)5-6-16(19)17-9-7-14(12-17)8-10-18/h2-6,11,14,18H,7-10,12H2,1H3/b6-5+. The number of ether oxygens (including phenoxy) is 1. The van der Waals surface area contributed by atoms with Gasteiger partial charge in [-0.3, -0.25) is 4.79 Å². The first kappa shape index (κ1) is 14.6. The van der Waals surface area contributed by atoms with Crippen LogP contribution in [0.4, 0.5) is 0 Å².